The van der Waals surface area contributed by atoms with Crippen molar-refractivity contribution in [3.8, 4) is 0 Å². The summed E-state index contributed by atoms with van der Waals surface area (Å²) in [5, 5.41) is 14.5. The number of piperidine rings is 1. The van der Waals surface area contributed by atoms with Crippen molar-refractivity contribution >= 4 is 6.03 Å². The summed E-state index contributed by atoms with van der Waals surface area (Å²) in [6, 6.07) is 0.251. The van der Waals surface area contributed by atoms with E-state index in [2.05, 4.69) is 44.1 Å². The summed E-state index contributed by atoms with van der Waals surface area (Å²) in [5.74, 6) is 2.68. The average molecular weight is 348 g/mol. The molecule has 2 aliphatic heterocycles. The van der Waals surface area contributed by atoms with Crippen molar-refractivity contribution < 1.29 is 4.79 Å². The van der Waals surface area contributed by atoms with E-state index in [0.29, 0.717) is 19.1 Å². The van der Waals surface area contributed by atoms with Crippen LogP contribution in [0.3, 0.4) is 0 Å². The third-order valence-electron chi connectivity index (χ3n) is 5.46. The van der Waals surface area contributed by atoms with Gasteiger partial charge in [-0.2, -0.15) is 0 Å². The number of likely N-dealkylation sites (tertiary alicyclic amines) is 1. The Hall–Kier alpha value is -1.63. The van der Waals surface area contributed by atoms with E-state index in [4.69, 9.17) is 0 Å². The lowest BCUT2D eigenvalue weighted by molar-refractivity contribution is 0.137. The molecule has 0 bridgehead atoms. The molecule has 2 aliphatic rings. The minimum atomic E-state index is -0.122. The average Bonchev–Trinajstić information content (AvgIpc) is 2.84. The van der Waals surface area contributed by atoms with E-state index in [1.165, 1.54) is 25.7 Å². The molecule has 1 aromatic rings. The highest BCUT2D eigenvalue weighted by Gasteiger charge is 2.21. The second-order valence-electron chi connectivity index (χ2n) is 7.65. The van der Waals surface area contributed by atoms with Crippen LogP contribution in [0.15, 0.2) is 0 Å². The largest absolute Gasteiger partial charge is 0.337 e. The Balaban J connectivity index is 1.42. The quantitative estimate of drug-likeness (QED) is 0.852. The summed E-state index contributed by atoms with van der Waals surface area (Å²) < 4.78 is 2.17. The van der Waals surface area contributed by atoms with E-state index in [1.807, 2.05) is 0 Å². The number of nitrogens with one attached hydrogen (secondary N) is 2. The molecule has 7 nitrogen and oxygen atoms in total. The van der Waals surface area contributed by atoms with Crippen molar-refractivity contribution in [1.29, 1.82) is 0 Å². The molecule has 3 rings (SSSR count). The fourth-order valence-corrected chi connectivity index (χ4v) is 3.89. The predicted octanol–water partition coefficient (Wildman–Crippen LogP) is 1.92. The van der Waals surface area contributed by atoms with E-state index >= 15 is 0 Å². The SMILES string of the molecule is C[C@@H]1CCCN([C@H](C)CNC(=O)NCc2nnc3n2CCCCC3)C1. The van der Waals surface area contributed by atoms with Gasteiger partial charge in [-0.15, -0.1) is 10.2 Å². The van der Waals surface area contributed by atoms with Gasteiger partial charge in [0.15, 0.2) is 5.82 Å². The van der Waals surface area contributed by atoms with E-state index in [0.717, 1.165) is 50.0 Å². The van der Waals surface area contributed by atoms with Crippen LogP contribution < -0.4 is 10.6 Å². The maximum absolute atomic E-state index is 12.1. The fourth-order valence-electron chi connectivity index (χ4n) is 3.89. The maximum atomic E-state index is 12.1. The van der Waals surface area contributed by atoms with Gasteiger partial charge in [0.25, 0.3) is 0 Å². The van der Waals surface area contributed by atoms with E-state index in [1.54, 1.807) is 0 Å². The molecule has 0 aromatic carbocycles. The van der Waals surface area contributed by atoms with Gasteiger partial charge in [-0.25, -0.2) is 4.79 Å². The van der Waals surface area contributed by atoms with Gasteiger partial charge in [-0.1, -0.05) is 13.3 Å². The molecule has 0 radical (unpaired) electrons. The second kappa shape index (κ2) is 8.65. The van der Waals surface area contributed by atoms with Crippen molar-refractivity contribution in [1.82, 2.24) is 30.3 Å². The first kappa shape index (κ1) is 18.2. The Labute approximate surface area is 150 Å². The number of fused-ring (bicyclic) bond motifs is 1. The number of aryl methyl sites for hydroxylation is 1. The molecule has 25 heavy (non-hydrogen) atoms. The lowest BCUT2D eigenvalue weighted by atomic mass is 9.99. The van der Waals surface area contributed by atoms with Gasteiger partial charge in [0.1, 0.15) is 5.82 Å². The molecule has 1 aromatic heterocycles. The number of carbonyl (C=O) groups is 1. The van der Waals surface area contributed by atoms with Gasteiger partial charge in [-0.3, -0.25) is 4.90 Å². The fraction of sp³-hybridized carbons (Fsp3) is 0.833. The van der Waals surface area contributed by atoms with E-state index in [-0.39, 0.29) is 6.03 Å². The van der Waals surface area contributed by atoms with Gasteiger partial charge in [0, 0.05) is 32.1 Å². The van der Waals surface area contributed by atoms with Crippen molar-refractivity contribution in [2.45, 2.75) is 71.5 Å². The van der Waals surface area contributed by atoms with Gasteiger partial charge < -0.3 is 15.2 Å². The van der Waals surface area contributed by atoms with Crippen LogP contribution >= 0.6 is 0 Å². The molecule has 0 spiro atoms. The summed E-state index contributed by atoms with van der Waals surface area (Å²) >= 11 is 0. The number of carbonyl (C=O) groups excluding carboxylic acids is 1. The lowest BCUT2D eigenvalue weighted by Crippen LogP contribution is -2.48. The first-order chi connectivity index (χ1) is 12.1. The normalized spacial score (nSPS) is 22.7. The van der Waals surface area contributed by atoms with Crippen LogP contribution in [0.25, 0.3) is 0 Å². The Morgan fingerprint density at radius 2 is 2.08 bits per heavy atom. The molecule has 3 heterocycles. The van der Waals surface area contributed by atoms with Crippen molar-refractivity contribution in [3.63, 3.8) is 0 Å². The van der Waals surface area contributed by atoms with Gasteiger partial charge in [-0.05, 0) is 45.1 Å². The number of hydrogen-bond donors (Lipinski definition) is 2. The Kier molecular flexibility index (Phi) is 6.29. The zero-order valence-corrected chi connectivity index (χ0v) is 15.6. The molecule has 1 saturated heterocycles. The summed E-state index contributed by atoms with van der Waals surface area (Å²) in [5.41, 5.74) is 0. The molecule has 1 fully saturated rings. The molecular weight excluding hydrogens is 316 g/mol. The molecule has 2 N–H and O–H groups in total. The molecule has 7 heteroatoms. The Morgan fingerprint density at radius 3 is 2.92 bits per heavy atom. The number of aromatic nitrogens is 3. The molecule has 0 aliphatic carbocycles. The minimum Gasteiger partial charge on any atom is -0.337 e. The molecule has 0 saturated carbocycles. The number of amides is 2. The van der Waals surface area contributed by atoms with Crippen LogP contribution in [0.5, 0.6) is 0 Å². The first-order valence-corrected chi connectivity index (χ1v) is 9.80. The number of hydrogen-bond acceptors (Lipinski definition) is 4. The van der Waals surface area contributed by atoms with Crippen LogP contribution in [-0.4, -0.2) is 51.4 Å². The summed E-state index contributed by atoms with van der Waals surface area (Å²) in [4.78, 5) is 14.6. The zero-order chi connectivity index (χ0) is 17.6. The predicted molar refractivity (Wildman–Crippen MR) is 97.2 cm³/mol. The molecular formula is C18H32N6O. The minimum absolute atomic E-state index is 0.122. The summed E-state index contributed by atoms with van der Waals surface area (Å²) in [7, 11) is 0. The first-order valence-electron chi connectivity index (χ1n) is 9.80. The number of nitrogens with zero attached hydrogens (tertiary/aromatic N) is 4. The summed E-state index contributed by atoms with van der Waals surface area (Å²) in [6.45, 7) is 8.85. The standard InChI is InChI=1S/C18H32N6O/c1-14-7-6-9-23(13-14)15(2)11-19-18(25)20-12-17-22-21-16-8-4-3-5-10-24(16)17/h14-15H,3-13H2,1-2H3,(H2,19,20,25)/t14-,15-/m1/s1. The molecule has 2 atom stereocenters. The zero-order valence-electron chi connectivity index (χ0n) is 15.6. The van der Waals surface area contributed by atoms with Crippen molar-refractivity contribution in [3.05, 3.63) is 11.6 Å². The highest BCUT2D eigenvalue weighted by molar-refractivity contribution is 5.73. The lowest BCUT2D eigenvalue weighted by Gasteiger charge is -2.35. The maximum Gasteiger partial charge on any atom is 0.315 e. The van der Waals surface area contributed by atoms with Crippen molar-refractivity contribution in [2.24, 2.45) is 5.92 Å². The van der Waals surface area contributed by atoms with Crippen LogP contribution in [0.1, 0.15) is 57.6 Å². The number of urea groups is 1. The highest BCUT2D eigenvalue weighted by atomic mass is 16.2. The molecule has 2 amide bonds. The van der Waals surface area contributed by atoms with Crippen LogP contribution in [-0.2, 0) is 19.5 Å². The smallest absolute Gasteiger partial charge is 0.315 e. The van der Waals surface area contributed by atoms with Crippen LogP contribution in [0.4, 0.5) is 4.79 Å². The van der Waals surface area contributed by atoms with Gasteiger partial charge in [0.2, 0.25) is 0 Å². The topological polar surface area (TPSA) is 75.1 Å². The Bertz CT molecular complexity index is 572. The Morgan fingerprint density at radius 1 is 1.20 bits per heavy atom. The third kappa shape index (κ3) is 4.93. The third-order valence-corrected chi connectivity index (χ3v) is 5.46. The monoisotopic (exact) mass is 348 g/mol. The molecule has 0 unspecified atom stereocenters. The summed E-state index contributed by atoms with van der Waals surface area (Å²) in [6.07, 6.45) is 7.15. The van der Waals surface area contributed by atoms with Gasteiger partial charge in [0.05, 0.1) is 6.54 Å². The molecule has 140 valence electrons. The van der Waals surface area contributed by atoms with Crippen LogP contribution in [0.2, 0.25) is 0 Å². The highest BCUT2D eigenvalue weighted by Crippen LogP contribution is 2.17. The van der Waals surface area contributed by atoms with Crippen molar-refractivity contribution in [2.75, 3.05) is 19.6 Å². The van der Waals surface area contributed by atoms with E-state index in [9.17, 15) is 4.79 Å². The second-order valence-corrected chi connectivity index (χ2v) is 7.65. The number of rotatable bonds is 5. The van der Waals surface area contributed by atoms with Gasteiger partial charge >= 0.3 is 6.03 Å². The van der Waals surface area contributed by atoms with Crippen LogP contribution in [0, 0.1) is 5.92 Å². The van der Waals surface area contributed by atoms with E-state index < -0.39 is 0 Å².